The Morgan fingerprint density at radius 1 is 1.15 bits per heavy atom. The lowest BCUT2D eigenvalue weighted by molar-refractivity contribution is 0.356. The molecule has 4 rings (SSSR count). The lowest BCUT2D eigenvalue weighted by Crippen LogP contribution is -2.06. The van der Waals surface area contributed by atoms with Crippen LogP contribution in [0.1, 0.15) is 11.1 Å². The van der Waals surface area contributed by atoms with Gasteiger partial charge >= 0.3 is 0 Å². The zero-order valence-corrected chi connectivity index (χ0v) is 15.7. The van der Waals surface area contributed by atoms with Crippen molar-refractivity contribution in [3.63, 3.8) is 0 Å². The lowest BCUT2D eigenvalue weighted by atomic mass is 10.1. The van der Waals surface area contributed by atoms with Crippen LogP contribution in [-0.4, -0.2) is 30.5 Å². The SMILES string of the molecule is COc1cccc(-c2nn(-c3cc(Cl)ccc3C)c3c2CCN3)c1OC. The van der Waals surface area contributed by atoms with Crippen molar-refractivity contribution < 1.29 is 9.47 Å². The maximum absolute atomic E-state index is 6.23. The summed E-state index contributed by atoms with van der Waals surface area (Å²) in [7, 11) is 3.29. The van der Waals surface area contributed by atoms with Crippen molar-refractivity contribution in [3.8, 4) is 28.4 Å². The predicted octanol–water partition coefficient (Wildman–Crippen LogP) is 4.49. The zero-order chi connectivity index (χ0) is 18.3. The first-order chi connectivity index (χ1) is 12.6. The molecule has 26 heavy (non-hydrogen) atoms. The number of nitrogens with zero attached hydrogens (tertiary/aromatic N) is 2. The number of ether oxygens (including phenoxy) is 2. The van der Waals surface area contributed by atoms with Crippen LogP contribution in [0.5, 0.6) is 11.5 Å². The third-order valence-electron chi connectivity index (χ3n) is 4.71. The number of nitrogens with one attached hydrogen (secondary N) is 1. The van der Waals surface area contributed by atoms with E-state index in [1.807, 2.05) is 41.1 Å². The second-order valence-electron chi connectivity index (χ2n) is 6.24. The molecule has 0 saturated heterocycles. The molecule has 0 saturated carbocycles. The van der Waals surface area contributed by atoms with E-state index in [9.17, 15) is 0 Å². The fourth-order valence-corrected chi connectivity index (χ4v) is 3.62. The monoisotopic (exact) mass is 369 g/mol. The van der Waals surface area contributed by atoms with Gasteiger partial charge in [0, 0.05) is 22.7 Å². The number of aryl methyl sites for hydroxylation is 1. The van der Waals surface area contributed by atoms with Crippen LogP contribution < -0.4 is 14.8 Å². The molecule has 0 radical (unpaired) electrons. The standard InChI is InChI=1S/C20H20ClN3O2/c1-12-7-8-13(21)11-16(12)24-20-15(9-10-22-20)18(23-24)14-5-4-6-17(25-2)19(14)26-3/h4-8,11,22H,9-10H2,1-3H3. The van der Waals surface area contributed by atoms with E-state index in [2.05, 4.69) is 12.2 Å². The van der Waals surface area contributed by atoms with Gasteiger partial charge in [0.2, 0.25) is 0 Å². The highest BCUT2D eigenvalue weighted by atomic mass is 35.5. The number of fused-ring (bicyclic) bond motifs is 1. The number of aromatic nitrogens is 2. The predicted molar refractivity (Wildman–Crippen MR) is 104 cm³/mol. The zero-order valence-electron chi connectivity index (χ0n) is 15.0. The second-order valence-corrected chi connectivity index (χ2v) is 6.67. The Balaban J connectivity index is 1.95. The van der Waals surface area contributed by atoms with Gasteiger partial charge in [-0.15, -0.1) is 0 Å². The van der Waals surface area contributed by atoms with Crippen molar-refractivity contribution in [3.05, 3.63) is 52.5 Å². The molecule has 1 N–H and O–H groups in total. The first kappa shape index (κ1) is 16.8. The van der Waals surface area contributed by atoms with Gasteiger partial charge in [0.15, 0.2) is 11.5 Å². The van der Waals surface area contributed by atoms with Gasteiger partial charge in [0.1, 0.15) is 11.5 Å². The largest absolute Gasteiger partial charge is 0.493 e. The third kappa shape index (κ3) is 2.59. The Bertz CT molecular complexity index is 981. The molecule has 2 heterocycles. The fourth-order valence-electron chi connectivity index (χ4n) is 3.45. The number of halogens is 1. The average Bonchev–Trinajstić information content (AvgIpc) is 3.25. The van der Waals surface area contributed by atoms with E-state index in [0.717, 1.165) is 41.3 Å². The third-order valence-corrected chi connectivity index (χ3v) is 4.94. The van der Waals surface area contributed by atoms with Gasteiger partial charge in [-0.3, -0.25) is 0 Å². The number of anilines is 1. The minimum absolute atomic E-state index is 0.688. The van der Waals surface area contributed by atoms with Crippen molar-refractivity contribution >= 4 is 17.4 Å². The first-order valence-electron chi connectivity index (χ1n) is 8.47. The molecule has 0 aliphatic carbocycles. The molecule has 0 fully saturated rings. The number of rotatable bonds is 4. The van der Waals surface area contributed by atoms with Crippen LogP contribution in [0.4, 0.5) is 5.82 Å². The van der Waals surface area contributed by atoms with E-state index < -0.39 is 0 Å². The smallest absolute Gasteiger partial charge is 0.170 e. The van der Waals surface area contributed by atoms with Crippen molar-refractivity contribution in [1.29, 1.82) is 0 Å². The second kappa shape index (κ2) is 6.57. The Labute approximate surface area is 157 Å². The normalized spacial score (nSPS) is 12.6. The minimum Gasteiger partial charge on any atom is -0.493 e. The molecule has 0 bridgehead atoms. The van der Waals surface area contributed by atoms with Gasteiger partial charge in [-0.2, -0.15) is 5.10 Å². The van der Waals surface area contributed by atoms with Crippen LogP contribution in [0.25, 0.3) is 16.9 Å². The highest BCUT2D eigenvalue weighted by Crippen LogP contribution is 2.42. The minimum atomic E-state index is 0.688. The quantitative estimate of drug-likeness (QED) is 0.736. The van der Waals surface area contributed by atoms with Gasteiger partial charge in [-0.25, -0.2) is 4.68 Å². The van der Waals surface area contributed by atoms with Crippen molar-refractivity contribution in [2.75, 3.05) is 26.1 Å². The average molecular weight is 370 g/mol. The number of methoxy groups -OCH3 is 2. The number of hydrogen-bond acceptors (Lipinski definition) is 4. The van der Waals surface area contributed by atoms with Crippen LogP contribution in [0.3, 0.4) is 0 Å². The summed E-state index contributed by atoms with van der Waals surface area (Å²) in [5.41, 5.74) is 5.08. The van der Waals surface area contributed by atoms with Crippen molar-refractivity contribution in [2.45, 2.75) is 13.3 Å². The molecule has 0 atom stereocenters. The van der Waals surface area contributed by atoms with Gasteiger partial charge in [0.05, 0.1) is 19.9 Å². The Hall–Kier alpha value is -2.66. The molecule has 1 aliphatic rings. The summed E-state index contributed by atoms with van der Waals surface area (Å²) in [6, 6.07) is 11.7. The highest BCUT2D eigenvalue weighted by Gasteiger charge is 2.27. The molecule has 2 aromatic carbocycles. The number of para-hydroxylation sites is 1. The highest BCUT2D eigenvalue weighted by molar-refractivity contribution is 6.30. The van der Waals surface area contributed by atoms with Crippen LogP contribution in [0.2, 0.25) is 5.02 Å². The Morgan fingerprint density at radius 2 is 2.00 bits per heavy atom. The van der Waals surface area contributed by atoms with Gasteiger partial charge in [-0.05, 0) is 43.2 Å². The van der Waals surface area contributed by atoms with E-state index in [1.165, 1.54) is 5.56 Å². The summed E-state index contributed by atoms with van der Waals surface area (Å²) < 4.78 is 13.0. The lowest BCUT2D eigenvalue weighted by Gasteiger charge is -2.12. The summed E-state index contributed by atoms with van der Waals surface area (Å²) in [6.45, 7) is 2.94. The van der Waals surface area contributed by atoms with E-state index in [1.54, 1.807) is 14.2 Å². The summed E-state index contributed by atoms with van der Waals surface area (Å²) in [4.78, 5) is 0. The number of hydrogen-bond donors (Lipinski definition) is 1. The maximum atomic E-state index is 6.23. The topological polar surface area (TPSA) is 48.3 Å². The van der Waals surface area contributed by atoms with E-state index >= 15 is 0 Å². The van der Waals surface area contributed by atoms with Crippen molar-refractivity contribution in [1.82, 2.24) is 9.78 Å². The van der Waals surface area contributed by atoms with E-state index in [0.29, 0.717) is 16.5 Å². The summed E-state index contributed by atoms with van der Waals surface area (Å²) >= 11 is 6.23. The first-order valence-corrected chi connectivity index (χ1v) is 8.85. The number of benzene rings is 2. The molecular formula is C20H20ClN3O2. The molecule has 0 amide bonds. The summed E-state index contributed by atoms with van der Waals surface area (Å²) in [5, 5.41) is 9.06. The van der Waals surface area contributed by atoms with Crippen LogP contribution in [0, 0.1) is 6.92 Å². The summed E-state index contributed by atoms with van der Waals surface area (Å²) in [5.74, 6) is 2.39. The molecule has 6 heteroatoms. The van der Waals surface area contributed by atoms with Gasteiger partial charge in [0.25, 0.3) is 0 Å². The van der Waals surface area contributed by atoms with Crippen LogP contribution >= 0.6 is 11.6 Å². The van der Waals surface area contributed by atoms with E-state index in [4.69, 9.17) is 26.2 Å². The fraction of sp³-hybridized carbons (Fsp3) is 0.250. The van der Waals surface area contributed by atoms with Gasteiger partial charge < -0.3 is 14.8 Å². The summed E-state index contributed by atoms with van der Waals surface area (Å²) in [6.07, 6.45) is 0.907. The molecule has 3 aromatic rings. The molecule has 0 unspecified atom stereocenters. The molecular weight excluding hydrogens is 350 g/mol. The Morgan fingerprint density at radius 3 is 2.77 bits per heavy atom. The molecule has 1 aliphatic heterocycles. The van der Waals surface area contributed by atoms with Gasteiger partial charge in [-0.1, -0.05) is 23.7 Å². The van der Waals surface area contributed by atoms with Crippen LogP contribution in [-0.2, 0) is 6.42 Å². The molecule has 0 spiro atoms. The molecule has 5 nitrogen and oxygen atoms in total. The van der Waals surface area contributed by atoms with Crippen LogP contribution in [0.15, 0.2) is 36.4 Å². The van der Waals surface area contributed by atoms with E-state index in [-0.39, 0.29) is 0 Å². The molecule has 1 aromatic heterocycles. The maximum Gasteiger partial charge on any atom is 0.170 e. The molecule has 134 valence electrons. The Kier molecular flexibility index (Phi) is 4.24. The van der Waals surface area contributed by atoms with Crippen molar-refractivity contribution in [2.24, 2.45) is 0 Å².